The van der Waals surface area contributed by atoms with Crippen molar-refractivity contribution >= 4 is 33.0 Å². The van der Waals surface area contributed by atoms with Crippen LogP contribution in [0, 0.1) is 10.1 Å². The second-order valence-electron chi connectivity index (χ2n) is 4.02. The van der Waals surface area contributed by atoms with Gasteiger partial charge in [0, 0.05) is 17.8 Å². The SMILES string of the molecule is O=[N+]([O-])c1ccc(S(=O)(=O)Nc2ccc(O)cc2)c(Cl)c1. The molecule has 110 valence electrons. The van der Waals surface area contributed by atoms with Gasteiger partial charge in [-0.2, -0.15) is 0 Å². The standard InChI is InChI=1S/C12H9ClN2O5S/c13-11-7-9(15(17)18)3-6-12(11)21(19,20)14-8-1-4-10(16)5-2-8/h1-7,14,16H. The summed E-state index contributed by atoms with van der Waals surface area (Å²) in [6, 6.07) is 8.44. The van der Waals surface area contributed by atoms with Crippen molar-refractivity contribution in [1.82, 2.24) is 0 Å². The van der Waals surface area contributed by atoms with Crippen molar-refractivity contribution in [2.24, 2.45) is 0 Å². The number of aromatic hydroxyl groups is 1. The molecule has 0 aliphatic heterocycles. The van der Waals surface area contributed by atoms with Crippen LogP contribution in [0.4, 0.5) is 11.4 Å². The first-order valence-corrected chi connectivity index (χ1v) is 7.41. The van der Waals surface area contributed by atoms with Gasteiger partial charge in [-0.3, -0.25) is 14.8 Å². The summed E-state index contributed by atoms with van der Waals surface area (Å²) in [4.78, 5) is 9.65. The van der Waals surface area contributed by atoms with Crippen LogP contribution in [0.3, 0.4) is 0 Å². The number of halogens is 1. The molecule has 0 saturated heterocycles. The number of anilines is 1. The van der Waals surface area contributed by atoms with Crippen LogP contribution >= 0.6 is 11.6 Å². The van der Waals surface area contributed by atoms with Gasteiger partial charge in [0.15, 0.2) is 0 Å². The zero-order valence-corrected chi connectivity index (χ0v) is 11.9. The molecule has 0 aliphatic rings. The Kier molecular flexibility index (Phi) is 4.01. The Morgan fingerprint density at radius 3 is 2.29 bits per heavy atom. The number of phenolic OH excluding ortho intramolecular Hbond substituents is 1. The number of benzene rings is 2. The van der Waals surface area contributed by atoms with Crippen molar-refractivity contribution in [3.63, 3.8) is 0 Å². The highest BCUT2D eigenvalue weighted by molar-refractivity contribution is 7.92. The van der Waals surface area contributed by atoms with Crippen LogP contribution in [0.5, 0.6) is 5.75 Å². The maximum absolute atomic E-state index is 12.2. The number of nitro groups is 1. The molecule has 2 N–H and O–H groups in total. The molecule has 0 bridgehead atoms. The van der Waals surface area contributed by atoms with Gasteiger partial charge in [0.2, 0.25) is 0 Å². The number of rotatable bonds is 4. The molecule has 0 heterocycles. The average molecular weight is 329 g/mol. The van der Waals surface area contributed by atoms with Gasteiger partial charge in [0.25, 0.3) is 15.7 Å². The van der Waals surface area contributed by atoms with Crippen LogP contribution < -0.4 is 4.72 Å². The number of nitro benzene ring substituents is 1. The maximum Gasteiger partial charge on any atom is 0.271 e. The molecule has 9 heteroatoms. The Morgan fingerprint density at radius 2 is 1.76 bits per heavy atom. The van der Waals surface area contributed by atoms with E-state index in [0.717, 1.165) is 18.2 Å². The largest absolute Gasteiger partial charge is 0.508 e. The molecule has 2 rings (SSSR count). The van der Waals surface area contributed by atoms with Gasteiger partial charge >= 0.3 is 0 Å². The first-order valence-electron chi connectivity index (χ1n) is 5.55. The first-order chi connectivity index (χ1) is 9.79. The van der Waals surface area contributed by atoms with E-state index in [2.05, 4.69) is 4.72 Å². The number of hydrogen-bond donors (Lipinski definition) is 2. The van der Waals surface area contributed by atoms with Gasteiger partial charge in [0.1, 0.15) is 10.6 Å². The number of hydrogen-bond acceptors (Lipinski definition) is 5. The number of non-ortho nitro benzene ring substituents is 1. The smallest absolute Gasteiger partial charge is 0.271 e. The lowest BCUT2D eigenvalue weighted by molar-refractivity contribution is -0.384. The van der Waals surface area contributed by atoms with Crippen LogP contribution in [0.25, 0.3) is 0 Å². The van der Waals surface area contributed by atoms with E-state index < -0.39 is 14.9 Å². The Bertz CT molecular complexity index is 790. The summed E-state index contributed by atoms with van der Waals surface area (Å²) in [6.45, 7) is 0. The minimum atomic E-state index is -3.99. The van der Waals surface area contributed by atoms with Crippen molar-refractivity contribution in [2.45, 2.75) is 4.90 Å². The molecular weight excluding hydrogens is 320 g/mol. The Hall–Kier alpha value is -2.32. The molecule has 0 aliphatic carbocycles. The van der Waals surface area contributed by atoms with Crippen molar-refractivity contribution in [3.05, 3.63) is 57.6 Å². The number of sulfonamides is 1. The molecule has 2 aromatic carbocycles. The summed E-state index contributed by atoms with van der Waals surface area (Å²) < 4.78 is 26.6. The first kappa shape index (κ1) is 15.1. The lowest BCUT2D eigenvalue weighted by Gasteiger charge is -2.09. The third-order valence-electron chi connectivity index (χ3n) is 2.54. The predicted octanol–water partition coefficient (Wildman–Crippen LogP) is 2.75. The molecule has 0 fully saturated rings. The van der Waals surface area contributed by atoms with E-state index in [1.807, 2.05) is 0 Å². The van der Waals surface area contributed by atoms with Crippen molar-refractivity contribution < 1.29 is 18.4 Å². The fraction of sp³-hybridized carbons (Fsp3) is 0. The van der Waals surface area contributed by atoms with Crippen LogP contribution in [0.2, 0.25) is 5.02 Å². The zero-order chi connectivity index (χ0) is 15.6. The number of nitrogens with zero attached hydrogens (tertiary/aromatic N) is 1. The predicted molar refractivity (Wildman–Crippen MR) is 77.0 cm³/mol. The normalized spacial score (nSPS) is 11.1. The summed E-state index contributed by atoms with van der Waals surface area (Å²) >= 11 is 5.79. The molecule has 0 saturated carbocycles. The molecule has 0 aromatic heterocycles. The van der Waals surface area contributed by atoms with Crippen molar-refractivity contribution in [1.29, 1.82) is 0 Å². The minimum Gasteiger partial charge on any atom is -0.508 e. The quantitative estimate of drug-likeness (QED) is 0.509. The van der Waals surface area contributed by atoms with Crippen molar-refractivity contribution in [3.8, 4) is 5.75 Å². The number of nitrogens with one attached hydrogen (secondary N) is 1. The highest BCUT2D eigenvalue weighted by atomic mass is 35.5. The molecule has 0 amide bonds. The lowest BCUT2D eigenvalue weighted by Crippen LogP contribution is -2.13. The van der Waals surface area contributed by atoms with E-state index in [-0.39, 0.29) is 27.0 Å². The second-order valence-corrected chi connectivity index (χ2v) is 6.08. The minimum absolute atomic E-state index is 0.00804. The Morgan fingerprint density at radius 1 is 1.14 bits per heavy atom. The molecular formula is C12H9ClN2O5S. The van der Waals surface area contributed by atoms with E-state index in [9.17, 15) is 18.5 Å². The van der Waals surface area contributed by atoms with E-state index in [1.165, 1.54) is 24.3 Å². The average Bonchev–Trinajstić information content (AvgIpc) is 2.40. The zero-order valence-electron chi connectivity index (χ0n) is 10.4. The molecule has 2 aromatic rings. The molecule has 0 atom stereocenters. The molecule has 21 heavy (non-hydrogen) atoms. The maximum atomic E-state index is 12.2. The fourth-order valence-electron chi connectivity index (χ4n) is 1.56. The van der Waals surface area contributed by atoms with Crippen LogP contribution in [0.1, 0.15) is 0 Å². The Balaban J connectivity index is 2.35. The fourth-order valence-corrected chi connectivity index (χ4v) is 3.16. The third kappa shape index (κ3) is 3.41. The molecule has 0 spiro atoms. The van der Waals surface area contributed by atoms with Gasteiger partial charge in [0.05, 0.1) is 9.95 Å². The highest BCUT2D eigenvalue weighted by Gasteiger charge is 2.20. The van der Waals surface area contributed by atoms with Gasteiger partial charge < -0.3 is 5.11 Å². The van der Waals surface area contributed by atoms with Crippen LogP contribution in [0.15, 0.2) is 47.4 Å². The van der Waals surface area contributed by atoms with E-state index in [0.29, 0.717) is 0 Å². The van der Waals surface area contributed by atoms with E-state index in [4.69, 9.17) is 16.7 Å². The summed E-state index contributed by atoms with van der Waals surface area (Å²) in [5.74, 6) is -0.00804. The lowest BCUT2D eigenvalue weighted by atomic mass is 10.3. The van der Waals surface area contributed by atoms with Gasteiger partial charge in [-0.15, -0.1) is 0 Å². The van der Waals surface area contributed by atoms with Crippen molar-refractivity contribution in [2.75, 3.05) is 4.72 Å². The molecule has 0 unspecified atom stereocenters. The topological polar surface area (TPSA) is 110 Å². The highest BCUT2D eigenvalue weighted by Crippen LogP contribution is 2.28. The third-order valence-corrected chi connectivity index (χ3v) is 4.40. The summed E-state index contributed by atoms with van der Waals surface area (Å²) in [5, 5.41) is 19.5. The van der Waals surface area contributed by atoms with Crippen LogP contribution in [-0.2, 0) is 10.0 Å². The molecule has 7 nitrogen and oxygen atoms in total. The van der Waals surface area contributed by atoms with Gasteiger partial charge in [-0.1, -0.05) is 11.6 Å². The van der Waals surface area contributed by atoms with Gasteiger partial charge in [-0.05, 0) is 30.3 Å². The summed E-state index contributed by atoms with van der Waals surface area (Å²) in [7, 11) is -3.99. The second kappa shape index (κ2) is 5.58. The Labute approximate surface area is 125 Å². The van der Waals surface area contributed by atoms with E-state index in [1.54, 1.807) is 0 Å². The molecule has 0 radical (unpaired) electrons. The van der Waals surface area contributed by atoms with Gasteiger partial charge in [-0.25, -0.2) is 8.42 Å². The monoisotopic (exact) mass is 328 g/mol. The van der Waals surface area contributed by atoms with Crippen LogP contribution in [-0.4, -0.2) is 18.4 Å². The number of phenols is 1. The summed E-state index contributed by atoms with van der Waals surface area (Å²) in [6.07, 6.45) is 0. The van der Waals surface area contributed by atoms with E-state index >= 15 is 0 Å². The summed E-state index contributed by atoms with van der Waals surface area (Å²) in [5.41, 5.74) is -0.0780.